The van der Waals surface area contributed by atoms with E-state index in [1.807, 2.05) is 60.7 Å². The molecule has 1 N–H and O–H groups in total. The smallest absolute Gasteiger partial charge is 0.242 e. The quantitative estimate of drug-likeness (QED) is 0.457. The van der Waals surface area contributed by atoms with E-state index >= 15 is 0 Å². The zero-order chi connectivity index (χ0) is 25.2. The van der Waals surface area contributed by atoms with Crippen molar-refractivity contribution in [3.05, 3.63) is 89.5 Å². The summed E-state index contributed by atoms with van der Waals surface area (Å²) in [5.41, 5.74) is 2.64. The Morgan fingerprint density at radius 2 is 1.46 bits per heavy atom. The van der Waals surface area contributed by atoms with E-state index in [2.05, 4.69) is 5.32 Å². The van der Waals surface area contributed by atoms with E-state index in [0.29, 0.717) is 17.9 Å². The summed E-state index contributed by atoms with van der Waals surface area (Å²) in [6.07, 6.45) is 0.507. The minimum Gasteiger partial charge on any atom is -0.497 e. The molecule has 0 aliphatic carbocycles. The first-order valence-electron chi connectivity index (χ1n) is 11.4. The molecule has 0 unspecified atom stereocenters. The van der Waals surface area contributed by atoms with Gasteiger partial charge in [0.25, 0.3) is 0 Å². The van der Waals surface area contributed by atoms with Crippen LogP contribution >= 0.6 is 0 Å². The molecule has 0 spiro atoms. The Hall–Kier alpha value is -4.00. The van der Waals surface area contributed by atoms with Crippen LogP contribution in [0.4, 0.5) is 0 Å². The largest absolute Gasteiger partial charge is 0.497 e. The molecule has 0 saturated carbocycles. The second-order valence-corrected chi connectivity index (χ2v) is 8.06. The molecule has 7 nitrogen and oxygen atoms in total. The second kappa shape index (κ2) is 12.5. The minimum atomic E-state index is -0.683. The van der Waals surface area contributed by atoms with Crippen LogP contribution in [0.2, 0.25) is 0 Å². The van der Waals surface area contributed by atoms with Gasteiger partial charge in [0.1, 0.15) is 11.8 Å². The molecule has 0 fully saturated rings. The van der Waals surface area contributed by atoms with Gasteiger partial charge in [-0.25, -0.2) is 0 Å². The zero-order valence-corrected chi connectivity index (χ0v) is 20.6. The Balaban J connectivity index is 1.94. The minimum absolute atomic E-state index is 0.110. The molecular formula is C28H32N2O5. The summed E-state index contributed by atoms with van der Waals surface area (Å²) in [4.78, 5) is 28.4. The van der Waals surface area contributed by atoms with Crippen LogP contribution in [0.25, 0.3) is 0 Å². The number of hydrogen-bond acceptors (Lipinski definition) is 5. The molecular weight excluding hydrogens is 444 g/mol. The van der Waals surface area contributed by atoms with Gasteiger partial charge in [0.15, 0.2) is 11.5 Å². The molecule has 0 radical (unpaired) electrons. The zero-order valence-electron chi connectivity index (χ0n) is 20.6. The molecule has 0 aliphatic heterocycles. The van der Waals surface area contributed by atoms with Gasteiger partial charge in [-0.15, -0.1) is 0 Å². The summed E-state index contributed by atoms with van der Waals surface area (Å²) in [6, 6.07) is 21.9. The van der Waals surface area contributed by atoms with Crippen LogP contribution in [-0.4, -0.2) is 51.1 Å². The van der Waals surface area contributed by atoms with Gasteiger partial charge in [0.05, 0.1) is 27.8 Å². The molecule has 35 heavy (non-hydrogen) atoms. The van der Waals surface area contributed by atoms with Crippen LogP contribution in [0.1, 0.15) is 16.7 Å². The predicted octanol–water partition coefficient (Wildman–Crippen LogP) is 3.64. The van der Waals surface area contributed by atoms with Crippen molar-refractivity contribution in [3.8, 4) is 17.2 Å². The molecule has 7 heteroatoms. The number of ether oxygens (including phenoxy) is 3. The first kappa shape index (κ1) is 25.6. The van der Waals surface area contributed by atoms with E-state index in [9.17, 15) is 9.59 Å². The normalized spacial score (nSPS) is 11.3. The summed E-state index contributed by atoms with van der Waals surface area (Å²) in [6.45, 7) is 0.279. The fourth-order valence-corrected chi connectivity index (χ4v) is 3.91. The lowest BCUT2D eigenvalue weighted by molar-refractivity contribution is -0.140. The highest BCUT2D eigenvalue weighted by atomic mass is 16.5. The molecule has 0 aliphatic rings. The van der Waals surface area contributed by atoms with Crippen molar-refractivity contribution < 1.29 is 23.8 Å². The van der Waals surface area contributed by atoms with Gasteiger partial charge in [0, 0.05) is 20.0 Å². The predicted molar refractivity (Wildman–Crippen MR) is 135 cm³/mol. The third-order valence-corrected chi connectivity index (χ3v) is 5.83. The van der Waals surface area contributed by atoms with E-state index in [-0.39, 0.29) is 24.8 Å². The summed E-state index contributed by atoms with van der Waals surface area (Å²) in [5, 5.41) is 2.73. The van der Waals surface area contributed by atoms with Gasteiger partial charge in [-0.1, -0.05) is 48.5 Å². The summed E-state index contributed by atoms with van der Waals surface area (Å²) >= 11 is 0. The van der Waals surface area contributed by atoms with E-state index in [0.717, 1.165) is 22.4 Å². The van der Waals surface area contributed by atoms with Crippen LogP contribution < -0.4 is 19.5 Å². The fraction of sp³-hybridized carbons (Fsp3) is 0.286. The van der Waals surface area contributed by atoms with Crippen molar-refractivity contribution in [2.24, 2.45) is 0 Å². The van der Waals surface area contributed by atoms with Gasteiger partial charge in [-0.2, -0.15) is 0 Å². The molecule has 0 saturated heterocycles. The van der Waals surface area contributed by atoms with Crippen molar-refractivity contribution in [1.82, 2.24) is 10.2 Å². The van der Waals surface area contributed by atoms with Crippen molar-refractivity contribution in [1.29, 1.82) is 0 Å². The fourth-order valence-electron chi connectivity index (χ4n) is 3.91. The van der Waals surface area contributed by atoms with Gasteiger partial charge in [-0.05, 0) is 41.0 Å². The first-order valence-corrected chi connectivity index (χ1v) is 11.4. The van der Waals surface area contributed by atoms with E-state index in [4.69, 9.17) is 14.2 Å². The van der Waals surface area contributed by atoms with Crippen molar-refractivity contribution in [2.45, 2.75) is 25.4 Å². The van der Waals surface area contributed by atoms with Crippen LogP contribution in [0.3, 0.4) is 0 Å². The standard InChI is InChI=1S/C28H32N2O5/c1-29-28(32)24(16-20-8-6-5-7-9-20)30(19-21-10-13-23(33-2)14-11-21)27(31)18-22-12-15-25(34-3)26(17-22)35-4/h5-15,17,24H,16,18-19H2,1-4H3,(H,29,32)/t24-/m0/s1. The van der Waals surface area contributed by atoms with Crippen LogP contribution in [-0.2, 0) is 29.0 Å². The molecule has 3 aromatic carbocycles. The highest BCUT2D eigenvalue weighted by molar-refractivity contribution is 5.88. The number of rotatable bonds is 11. The molecule has 0 heterocycles. The Kier molecular flexibility index (Phi) is 9.12. The van der Waals surface area contributed by atoms with Crippen LogP contribution in [0.15, 0.2) is 72.8 Å². The molecule has 0 bridgehead atoms. The lowest BCUT2D eigenvalue weighted by atomic mass is 10.0. The number of amides is 2. The number of nitrogens with one attached hydrogen (secondary N) is 1. The molecule has 1 atom stereocenters. The molecule has 0 aromatic heterocycles. The number of likely N-dealkylation sites (N-methyl/N-ethyl adjacent to an activating group) is 1. The number of nitrogens with zero attached hydrogens (tertiary/aromatic N) is 1. The maximum atomic E-state index is 13.7. The van der Waals surface area contributed by atoms with Gasteiger partial charge < -0.3 is 24.4 Å². The van der Waals surface area contributed by atoms with Crippen molar-refractivity contribution >= 4 is 11.8 Å². The number of carbonyl (C=O) groups excluding carboxylic acids is 2. The van der Waals surface area contributed by atoms with E-state index in [1.165, 1.54) is 0 Å². The summed E-state index contributed by atoms with van der Waals surface area (Å²) < 4.78 is 16.0. The lowest BCUT2D eigenvalue weighted by Crippen LogP contribution is -2.50. The average molecular weight is 477 g/mol. The van der Waals surface area contributed by atoms with Gasteiger partial charge in [-0.3, -0.25) is 9.59 Å². The Morgan fingerprint density at radius 1 is 0.800 bits per heavy atom. The van der Waals surface area contributed by atoms with Crippen LogP contribution in [0.5, 0.6) is 17.2 Å². The molecule has 184 valence electrons. The number of carbonyl (C=O) groups is 2. The van der Waals surface area contributed by atoms with Crippen LogP contribution in [0, 0.1) is 0 Å². The second-order valence-electron chi connectivity index (χ2n) is 8.06. The highest BCUT2D eigenvalue weighted by Gasteiger charge is 2.30. The summed E-state index contributed by atoms with van der Waals surface area (Å²) in [5.74, 6) is 1.47. The third kappa shape index (κ3) is 6.76. The van der Waals surface area contributed by atoms with E-state index in [1.54, 1.807) is 45.4 Å². The monoisotopic (exact) mass is 476 g/mol. The number of methoxy groups -OCH3 is 3. The molecule has 3 aromatic rings. The Labute approximate surface area is 206 Å². The maximum Gasteiger partial charge on any atom is 0.242 e. The van der Waals surface area contributed by atoms with Gasteiger partial charge in [0.2, 0.25) is 11.8 Å². The van der Waals surface area contributed by atoms with Gasteiger partial charge >= 0.3 is 0 Å². The third-order valence-electron chi connectivity index (χ3n) is 5.83. The number of benzene rings is 3. The summed E-state index contributed by atoms with van der Waals surface area (Å²) in [7, 11) is 6.32. The van der Waals surface area contributed by atoms with Crippen molar-refractivity contribution in [3.63, 3.8) is 0 Å². The molecule has 2 amide bonds. The number of hydrogen-bond donors (Lipinski definition) is 1. The average Bonchev–Trinajstić information content (AvgIpc) is 2.90. The van der Waals surface area contributed by atoms with E-state index < -0.39 is 6.04 Å². The first-order chi connectivity index (χ1) is 17.0. The SMILES string of the molecule is CNC(=O)[C@H](Cc1ccccc1)N(Cc1ccc(OC)cc1)C(=O)Cc1ccc(OC)c(OC)c1. The topological polar surface area (TPSA) is 77.1 Å². The highest BCUT2D eigenvalue weighted by Crippen LogP contribution is 2.28. The molecule has 3 rings (SSSR count). The van der Waals surface area contributed by atoms with Crippen molar-refractivity contribution in [2.75, 3.05) is 28.4 Å². The lowest BCUT2D eigenvalue weighted by Gasteiger charge is -2.31. The Morgan fingerprint density at radius 3 is 2.06 bits per heavy atom. The Bertz CT molecular complexity index is 1120. The maximum absolute atomic E-state index is 13.7.